The van der Waals surface area contributed by atoms with Crippen LogP contribution in [0.3, 0.4) is 0 Å². The lowest BCUT2D eigenvalue weighted by Crippen LogP contribution is -2.52. The smallest absolute Gasteiger partial charge is 0.416 e. The number of Topliss-reactive ketones (excluding diaryl/α,β-unsaturated/α-hetero) is 1. The second-order valence-corrected chi connectivity index (χ2v) is 10.2. The van der Waals surface area contributed by atoms with Gasteiger partial charge in [0.05, 0.1) is 22.4 Å². The van der Waals surface area contributed by atoms with Crippen molar-refractivity contribution in [2.45, 2.75) is 35.9 Å². The molecule has 0 amide bonds. The molecular weight excluding hydrogens is 463 g/mol. The molecule has 2 aromatic rings. The van der Waals surface area contributed by atoms with Crippen LogP contribution in [0.15, 0.2) is 41.3 Å². The van der Waals surface area contributed by atoms with Gasteiger partial charge in [-0.1, -0.05) is 0 Å². The molecule has 0 saturated carbocycles. The van der Waals surface area contributed by atoms with E-state index in [1.165, 1.54) is 16.4 Å². The predicted octanol–water partition coefficient (Wildman–Crippen LogP) is 3.67. The number of ether oxygens (including phenoxy) is 3. The molecule has 0 atom stereocenters. The SMILES string of the molecule is O=C1CC2(CCN(S(=O)(=O)c3ccc4c(c3)OCCO4)CC2)Oc2cc(C(F)(F)F)ccc21. The van der Waals surface area contributed by atoms with Crippen LogP contribution in [0.4, 0.5) is 13.2 Å². The molecule has 2 aromatic carbocycles. The van der Waals surface area contributed by atoms with Crippen molar-refractivity contribution >= 4 is 15.8 Å². The first kappa shape index (κ1) is 22.0. The first-order valence-corrected chi connectivity index (χ1v) is 11.8. The summed E-state index contributed by atoms with van der Waals surface area (Å²) in [6.45, 7) is 0.849. The molecule has 1 saturated heterocycles. The number of sulfonamides is 1. The summed E-state index contributed by atoms with van der Waals surface area (Å²) in [5.74, 6) is 0.412. The zero-order valence-electron chi connectivity index (χ0n) is 17.4. The molecule has 0 bridgehead atoms. The van der Waals surface area contributed by atoms with Crippen LogP contribution in [-0.4, -0.2) is 50.4 Å². The van der Waals surface area contributed by atoms with Crippen LogP contribution in [0.1, 0.15) is 35.2 Å². The lowest BCUT2D eigenvalue weighted by Gasteiger charge is -2.43. The Kier molecular flexibility index (Phi) is 5.09. The Morgan fingerprint density at radius 3 is 2.30 bits per heavy atom. The van der Waals surface area contributed by atoms with Gasteiger partial charge >= 0.3 is 6.18 Å². The molecule has 0 aromatic heterocycles. The highest BCUT2D eigenvalue weighted by atomic mass is 32.2. The molecule has 1 spiro atoms. The Morgan fingerprint density at radius 2 is 1.61 bits per heavy atom. The predicted molar refractivity (Wildman–Crippen MR) is 109 cm³/mol. The van der Waals surface area contributed by atoms with Crippen molar-refractivity contribution in [2.24, 2.45) is 0 Å². The molecule has 3 aliphatic rings. The maximum atomic E-state index is 13.2. The topological polar surface area (TPSA) is 82.1 Å². The van der Waals surface area contributed by atoms with E-state index in [4.69, 9.17) is 14.2 Å². The Bertz CT molecular complexity index is 1220. The zero-order chi connectivity index (χ0) is 23.4. The minimum atomic E-state index is -4.56. The molecule has 33 heavy (non-hydrogen) atoms. The summed E-state index contributed by atoms with van der Waals surface area (Å²) in [7, 11) is -3.84. The number of carbonyl (C=O) groups is 1. The maximum Gasteiger partial charge on any atom is 0.416 e. The second kappa shape index (κ2) is 7.63. The summed E-state index contributed by atoms with van der Waals surface area (Å²) < 4.78 is 83.8. The molecular formula is C22H20F3NO6S. The van der Waals surface area contributed by atoms with Crippen LogP contribution >= 0.6 is 0 Å². The van der Waals surface area contributed by atoms with Crippen molar-refractivity contribution in [1.82, 2.24) is 4.31 Å². The van der Waals surface area contributed by atoms with Crippen molar-refractivity contribution in [3.8, 4) is 17.2 Å². The molecule has 176 valence electrons. The number of hydrogen-bond donors (Lipinski definition) is 0. The van der Waals surface area contributed by atoms with Crippen LogP contribution in [0.2, 0.25) is 0 Å². The van der Waals surface area contributed by atoms with E-state index >= 15 is 0 Å². The number of rotatable bonds is 2. The average Bonchev–Trinajstić information content (AvgIpc) is 2.78. The molecule has 5 rings (SSSR count). The van der Waals surface area contributed by atoms with Crippen LogP contribution in [0, 0.1) is 0 Å². The molecule has 7 nitrogen and oxygen atoms in total. The molecule has 1 fully saturated rings. The van der Waals surface area contributed by atoms with Gasteiger partial charge in [0, 0.05) is 32.0 Å². The Morgan fingerprint density at radius 1 is 0.909 bits per heavy atom. The van der Waals surface area contributed by atoms with Crippen LogP contribution < -0.4 is 14.2 Å². The normalized spacial score (nSPS) is 20.3. The lowest BCUT2D eigenvalue weighted by molar-refractivity contribution is -0.137. The van der Waals surface area contributed by atoms with E-state index in [0.717, 1.165) is 18.2 Å². The minimum absolute atomic E-state index is 0.0106. The van der Waals surface area contributed by atoms with E-state index < -0.39 is 27.4 Å². The number of nitrogens with zero attached hydrogens (tertiary/aromatic N) is 1. The zero-order valence-corrected chi connectivity index (χ0v) is 18.2. The van der Waals surface area contributed by atoms with Crippen molar-refractivity contribution in [1.29, 1.82) is 0 Å². The van der Waals surface area contributed by atoms with Gasteiger partial charge in [-0.3, -0.25) is 4.79 Å². The van der Waals surface area contributed by atoms with Gasteiger partial charge in [0.2, 0.25) is 10.0 Å². The Balaban J connectivity index is 1.35. The highest BCUT2D eigenvalue weighted by Gasteiger charge is 2.46. The van der Waals surface area contributed by atoms with Crippen molar-refractivity contribution in [2.75, 3.05) is 26.3 Å². The highest BCUT2D eigenvalue weighted by molar-refractivity contribution is 7.89. The van der Waals surface area contributed by atoms with Gasteiger partial charge in [0.25, 0.3) is 0 Å². The largest absolute Gasteiger partial charge is 0.486 e. The van der Waals surface area contributed by atoms with Gasteiger partial charge in [0.15, 0.2) is 17.3 Å². The van der Waals surface area contributed by atoms with E-state index in [0.29, 0.717) is 24.7 Å². The van der Waals surface area contributed by atoms with Gasteiger partial charge in [-0.15, -0.1) is 0 Å². The van der Waals surface area contributed by atoms with Gasteiger partial charge in [0.1, 0.15) is 24.6 Å². The molecule has 0 aliphatic carbocycles. The Hall–Kier alpha value is -2.79. The first-order valence-electron chi connectivity index (χ1n) is 10.4. The third-order valence-corrected chi connectivity index (χ3v) is 8.10. The average molecular weight is 483 g/mol. The highest BCUT2D eigenvalue weighted by Crippen LogP contribution is 2.43. The number of ketones is 1. The number of fused-ring (bicyclic) bond motifs is 2. The minimum Gasteiger partial charge on any atom is -0.486 e. The van der Waals surface area contributed by atoms with Crippen LogP contribution in [0.5, 0.6) is 17.2 Å². The van der Waals surface area contributed by atoms with Gasteiger partial charge < -0.3 is 14.2 Å². The lowest BCUT2D eigenvalue weighted by atomic mass is 9.83. The fourth-order valence-electron chi connectivity index (χ4n) is 4.42. The number of benzene rings is 2. The standard InChI is InChI=1S/C22H20F3NO6S/c23-22(24,25)14-1-3-16-17(27)13-21(32-19(16)11-14)5-7-26(8-6-21)33(28,29)15-2-4-18-20(12-15)31-10-9-30-18/h1-4,11-12H,5-10,13H2. The molecule has 3 heterocycles. The van der Waals surface area contributed by atoms with Crippen molar-refractivity contribution < 1.29 is 40.6 Å². The summed E-state index contributed by atoms with van der Waals surface area (Å²) in [4.78, 5) is 12.7. The van der Waals surface area contributed by atoms with E-state index in [2.05, 4.69) is 0 Å². The van der Waals surface area contributed by atoms with E-state index in [1.54, 1.807) is 6.07 Å². The summed E-state index contributed by atoms with van der Waals surface area (Å²) in [5.41, 5.74) is -1.82. The third-order valence-electron chi connectivity index (χ3n) is 6.20. The number of halogens is 3. The summed E-state index contributed by atoms with van der Waals surface area (Å²) >= 11 is 0. The quantitative estimate of drug-likeness (QED) is 0.649. The van der Waals surface area contributed by atoms with E-state index in [-0.39, 0.29) is 54.3 Å². The molecule has 0 unspecified atom stereocenters. The van der Waals surface area contributed by atoms with Gasteiger partial charge in [-0.2, -0.15) is 17.5 Å². The van der Waals surface area contributed by atoms with Gasteiger partial charge in [-0.05, 0) is 30.3 Å². The fourth-order valence-corrected chi connectivity index (χ4v) is 5.87. The summed E-state index contributed by atoms with van der Waals surface area (Å²) in [6.07, 6.45) is -4.22. The molecule has 3 aliphatic heterocycles. The summed E-state index contributed by atoms with van der Waals surface area (Å²) in [6, 6.07) is 7.25. The molecule has 0 N–H and O–H groups in total. The number of piperidine rings is 1. The maximum absolute atomic E-state index is 13.2. The fraction of sp³-hybridized carbons (Fsp3) is 0.409. The summed E-state index contributed by atoms with van der Waals surface area (Å²) in [5, 5.41) is 0. The number of carbonyl (C=O) groups excluding carboxylic acids is 1. The van der Waals surface area contributed by atoms with E-state index in [1.807, 2.05) is 0 Å². The Labute approximate surface area is 188 Å². The van der Waals surface area contributed by atoms with E-state index in [9.17, 15) is 26.4 Å². The van der Waals surface area contributed by atoms with Crippen LogP contribution in [0.25, 0.3) is 0 Å². The molecule has 11 heteroatoms. The monoisotopic (exact) mass is 483 g/mol. The number of hydrogen-bond acceptors (Lipinski definition) is 6. The van der Waals surface area contributed by atoms with Crippen molar-refractivity contribution in [3.05, 3.63) is 47.5 Å². The number of alkyl halides is 3. The molecule has 0 radical (unpaired) electrons. The third kappa shape index (κ3) is 3.93. The van der Waals surface area contributed by atoms with Crippen LogP contribution in [-0.2, 0) is 16.2 Å². The van der Waals surface area contributed by atoms with Gasteiger partial charge in [-0.25, -0.2) is 8.42 Å². The van der Waals surface area contributed by atoms with Crippen molar-refractivity contribution in [3.63, 3.8) is 0 Å². The first-order chi connectivity index (χ1) is 15.6. The second-order valence-electron chi connectivity index (χ2n) is 8.30.